The fraction of sp³-hybridized carbons (Fsp3) is 0. The number of hydrogen-bond donors (Lipinski definition) is 0. The van der Waals surface area contributed by atoms with E-state index in [1.54, 1.807) is 62.0 Å². The summed E-state index contributed by atoms with van der Waals surface area (Å²) in [7, 11) is 0. The van der Waals surface area contributed by atoms with Crippen LogP contribution in [0.1, 0.15) is 0 Å². The van der Waals surface area contributed by atoms with Crippen molar-refractivity contribution in [3.05, 3.63) is 147 Å². The molecule has 0 saturated carbocycles. The summed E-state index contributed by atoms with van der Waals surface area (Å²) < 4.78 is 0. The summed E-state index contributed by atoms with van der Waals surface area (Å²) in [5, 5.41) is 7.07. The molecular formula is C24H24N6. The Hall–Kier alpha value is -4.32. The zero-order chi connectivity index (χ0) is 21.2. The third kappa shape index (κ3) is 18.5. The van der Waals surface area contributed by atoms with E-state index in [9.17, 15) is 0 Å². The molecule has 0 saturated heterocycles. The van der Waals surface area contributed by atoms with Crippen molar-refractivity contribution in [2.45, 2.75) is 0 Å². The van der Waals surface area contributed by atoms with Crippen molar-refractivity contribution in [1.29, 1.82) is 0 Å². The Labute approximate surface area is 177 Å². The molecule has 0 unspecified atom stereocenters. The number of rotatable bonds is 0. The minimum absolute atomic E-state index is 1.64. The molecule has 0 N–H and O–H groups in total. The smallest absolute Gasteiger partial charge is 0.0496 e. The van der Waals surface area contributed by atoms with E-state index in [2.05, 4.69) is 30.1 Å². The number of benzene rings is 1. The average Bonchev–Trinajstić information content (AvgIpc) is 2.91. The Kier molecular flexibility index (Phi) is 16.6. The van der Waals surface area contributed by atoms with Gasteiger partial charge in [0.2, 0.25) is 0 Å². The number of hydrogen-bond acceptors (Lipinski definition) is 6. The topological polar surface area (TPSA) is 77.3 Å². The predicted molar refractivity (Wildman–Crippen MR) is 119 cm³/mol. The number of nitrogens with zero attached hydrogens (tertiary/aromatic N) is 6. The molecule has 0 atom stereocenters. The van der Waals surface area contributed by atoms with Gasteiger partial charge in [-0.15, -0.1) is 0 Å². The van der Waals surface area contributed by atoms with E-state index in [-0.39, 0.29) is 0 Å². The molecule has 0 aliphatic carbocycles. The molecule has 1 aromatic carbocycles. The molecule has 30 heavy (non-hydrogen) atoms. The van der Waals surface area contributed by atoms with Crippen molar-refractivity contribution < 1.29 is 0 Å². The van der Waals surface area contributed by atoms with Crippen LogP contribution in [-0.4, -0.2) is 30.1 Å². The Morgan fingerprint density at radius 1 is 0.200 bits per heavy atom. The third-order valence-electron chi connectivity index (χ3n) is 2.76. The Balaban J connectivity index is 0.000000187. The fourth-order valence-corrected chi connectivity index (χ4v) is 1.52. The number of pyridine rings is 2. The summed E-state index contributed by atoms with van der Waals surface area (Å²) in [5.74, 6) is 0. The standard InChI is InChI=1S/C6H6.2C5H5N.2C4H4N2/c3*1-2-4-6-5-3-1;1-2-6-4-3-5-1;1-2-4-6-5-3-1/h1-6H;2*1-5H;2*1-4H. The zero-order valence-electron chi connectivity index (χ0n) is 16.5. The largest absolute Gasteiger partial charge is 0.265 e. The SMILES string of the molecule is c1ccccc1.c1ccncc1.c1ccncc1.c1ccnnc1.c1cnccn1. The molecule has 5 aromatic rings. The minimum atomic E-state index is 1.64. The van der Waals surface area contributed by atoms with Crippen LogP contribution < -0.4 is 0 Å². The zero-order valence-corrected chi connectivity index (χ0v) is 16.5. The van der Waals surface area contributed by atoms with Gasteiger partial charge in [0.05, 0.1) is 0 Å². The van der Waals surface area contributed by atoms with E-state index in [4.69, 9.17) is 0 Å². The normalized spacial score (nSPS) is 8.00. The molecule has 5 rings (SSSR count). The highest BCUT2D eigenvalue weighted by Gasteiger charge is 1.61. The third-order valence-corrected chi connectivity index (χ3v) is 2.76. The maximum Gasteiger partial charge on any atom is 0.0496 e. The lowest BCUT2D eigenvalue weighted by Crippen LogP contribution is -1.69. The summed E-state index contributed by atoms with van der Waals surface area (Å²) >= 11 is 0. The molecule has 6 heteroatoms. The van der Waals surface area contributed by atoms with Crippen LogP contribution >= 0.6 is 0 Å². The molecular weight excluding hydrogens is 372 g/mol. The molecule has 0 radical (unpaired) electrons. The fourth-order valence-electron chi connectivity index (χ4n) is 1.52. The summed E-state index contributed by atoms with van der Waals surface area (Å²) in [6, 6.07) is 27.1. The Morgan fingerprint density at radius 2 is 0.433 bits per heavy atom. The van der Waals surface area contributed by atoms with Gasteiger partial charge in [-0.3, -0.25) is 19.9 Å². The highest BCUT2D eigenvalue weighted by atomic mass is 15.1. The van der Waals surface area contributed by atoms with Gasteiger partial charge < -0.3 is 0 Å². The first-order chi connectivity index (χ1) is 15.0. The van der Waals surface area contributed by atoms with Crippen molar-refractivity contribution in [3.8, 4) is 0 Å². The molecule has 4 aromatic heterocycles. The molecule has 0 amide bonds. The molecule has 0 aliphatic rings. The quantitative estimate of drug-likeness (QED) is 0.374. The van der Waals surface area contributed by atoms with E-state index in [0.717, 1.165) is 0 Å². The second-order valence-electron chi connectivity index (χ2n) is 5.01. The maximum atomic E-state index is 3.78. The molecule has 0 aliphatic heterocycles. The summed E-state index contributed by atoms with van der Waals surface area (Å²) in [6.45, 7) is 0. The molecule has 0 fully saturated rings. The average molecular weight is 396 g/mol. The number of aromatic nitrogens is 6. The van der Waals surface area contributed by atoms with Gasteiger partial charge in [-0.05, 0) is 36.4 Å². The van der Waals surface area contributed by atoms with Gasteiger partial charge in [-0.25, -0.2) is 0 Å². The lowest BCUT2D eigenvalue weighted by Gasteiger charge is -1.70. The van der Waals surface area contributed by atoms with Crippen LogP contribution in [0.15, 0.2) is 147 Å². The van der Waals surface area contributed by atoms with Crippen LogP contribution in [-0.2, 0) is 0 Å². The lowest BCUT2D eigenvalue weighted by atomic mass is 10.4. The van der Waals surface area contributed by atoms with Crippen molar-refractivity contribution in [3.63, 3.8) is 0 Å². The van der Waals surface area contributed by atoms with Gasteiger partial charge in [0.15, 0.2) is 0 Å². The molecule has 150 valence electrons. The van der Waals surface area contributed by atoms with Gasteiger partial charge >= 0.3 is 0 Å². The van der Waals surface area contributed by atoms with Crippen LogP contribution in [0.3, 0.4) is 0 Å². The van der Waals surface area contributed by atoms with E-state index < -0.39 is 0 Å². The maximum absolute atomic E-state index is 3.78. The summed E-state index contributed by atoms with van der Waals surface area (Å²) in [4.78, 5) is 15.0. The minimum Gasteiger partial charge on any atom is -0.265 e. The second kappa shape index (κ2) is 21.0. The van der Waals surface area contributed by atoms with Gasteiger partial charge in [0.25, 0.3) is 0 Å². The van der Waals surface area contributed by atoms with Crippen LogP contribution in [0, 0.1) is 0 Å². The van der Waals surface area contributed by atoms with Crippen molar-refractivity contribution in [2.24, 2.45) is 0 Å². The Bertz CT molecular complexity index is 564. The van der Waals surface area contributed by atoms with Crippen LogP contribution in [0.25, 0.3) is 0 Å². The Morgan fingerprint density at radius 3 is 0.567 bits per heavy atom. The van der Waals surface area contributed by atoms with Crippen molar-refractivity contribution >= 4 is 0 Å². The lowest BCUT2D eigenvalue weighted by molar-refractivity contribution is 1.03. The second-order valence-corrected chi connectivity index (χ2v) is 5.01. The monoisotopic (exact) mass is 396 g/mol. The van der Waals surface area contributed by atoms with Gasteiger partial charge in [0, 0.05) is 62.0 Å². The highest BCUT2D eigenvalue weighted by molar-refractivity contribution is 4.99. The van der Waals surface area contributed by atoms with E-state index in [1.807, 2.05) is 84.9 Å². The van der Waals surface area contributed by atoms with E-state index >= 15 is 0 Å². The first-order valence-corrected chi connectivity index (χ1v) is 9.12. The molecule has 0 spiro atoms. The molecule has 6 nitrogen and oxygen atoms in total. The molecule has 4 heterocycles. The molecule has 0 bridgehead atoms. The van der Waals surface area contributed by atoms with E-state index in [0.29, 0.717) is 0 Å². The van der Waals surface area contributed by atoms with Crippen molar-refractivity contribution in [2.75, 3.05) is 0 Å². The van der Waals surface area contributed by atoms with Gasteiger partial charge in [0.1, 0.15) is 0 Å². The van der Waals surface area contributed by atoms with Crippen LogP contribution in [0.4, 0.5) is 0 Å². The van der Waals surface area contributed by atoms with Crippen molar-refractivity contribution in [1.82, 2.24) is 30.1 Å². The first-order valence-electron chi connectivity index (χ1n) is 9.12. The van der Waals surface area contributed by atoms with Gasteiger partial charge in [-0.1, -0.05) is 48.5 Å². The van der Waals surface area contributed by atoms with Crippen LogP contribution in [0.2, 0.25) is 0 Å². The summed E-state index contributed by atoms with van der Waals surface area (Å²) in [6.07, 6.45) is 16.8. The van der Waals surface area contributed by atoms with Gasteiger partial charge in [-0.2, -0.15) is 10.2 Å². The highest BCUT2D eigenvalue weighted by Crippen LogP contribution is 1.80. The first kappa shape index (κ1) is 23.7. The van der Waals surface area contributed by atoms with Crippen LogP contribution in [0.5, 0.6) is 0 Å². The van der Waals surface area contributed by atoms with E-state index in [1.165, 1.54) is 0 Å². The summed E-state index contributed by atoms with van der Waals surface area (Å²) in [5.41, 5.74) is 0. The predicted octanol–water partition coefficient (Wildman–Crippen LogP) is 4.80.